The molecule has 0 spiro atoms. The minimum atomic E-state index is -0.329. The molecule has 0 aliphatic carbocycles. The van der Waals surface area contributed by atoms with Crippen LogP contribution in [0.3, 0.4) is 0 Å². The molecule has 2 fully saturated rings. The zero-order chi connectivity index (χ0) is 23.9. The second kappa shape index (κ2) is 9.05. The lowest BCUT2D eigenvalue weighted by Gasteiger charge is -2.40. The highest BCUT2D eigenvalue weighted by Crippen LogP contribution is 2.32. The third-order valence-corrected chi connectivity index (χ3v) is 7.37. The van der Waals surface area contributed by atoms with Gasteiger partial charge in [-0.2, -0.15) is 5.10 Å². The Kier molecular flexibility index (Phi) is 5.74. The second-order valence-corrected chi connectivity index (χ2v) is 9.45. The van der Waals surface area contributed by atoms with E-state index in [-0.39, 0.29) is 11.7 Å². The summed E-state index contributed by atoms with van der Waals surface area (Å²) in [6, 6.07) is 9.35. The van der Waals surface area contributed by atoms with E-state index in [0.717, 1.165) is 63.6 Å². The normalized spacial score (nSPS) is 19.1. The van der Waals surface area contributed by atoms with Gasteiger partial charge in [0.1, 0.15) is 5.82 Å². The highest BCUT2D eigenvalue weighted by atomic mass is 19.1. The van der Waals surface area contributed by atoms with Gasteiger partial charge in [0.05, 0.1) is 42.4 Å². The predicted octanol–water partition coefficient (Wildman–Crippen LogP) is 2.93. The van der Waals surface area contributed by atoms with Crippen molar-refractivity contribution >= 4 is 11.7 Å². The van der Waals surface area contributed by atoms with Crippen molar-refractivity contribution in [3.05, 3.63) is 59.2 Å². The number of amides is 1. The molecule has 2 saturated heterocycles. The number of piperidine rings is 1. The Morgan fingerprint density at radius 1 is 1.09 bits per heavy atom. The molecule has 5 heterocycles. The molecule has 3 aromatic rings. The average molecular weight is 477 g/mol. The van der Waals surface area contributed by atoms with E-state index in [1.54, 1.807) is 16.8 Å². The van der Waals surface area contributed by atoms with E-state index in [1.165, 1.54) is 6.07 Å². The van der Waals surface area contributed by atoms with Gasteiger partial charge in [0.15, 0.2) is 5.82 Å². The lowest BCUT2D eigenvalue weighted by atomic mass is 10.0. The van der Waals surface area contributed by atoms with Crippen LogP contribution in [0.15, 0.2) is 36.5 Å². The highest BCUT2D eigenvalue weighted by Gasteiger charge is 2.29. The van der Waals surface area contributed by atoms with E-state index >= 15 is 0 Å². The maximum Gasteiger partial charge on any atom is 0.255 e. The number of carbonyl (C=O) groups excluding carboxylic acids is 1. The molecule has 8 nitrogen and oxygen atoms in total. The predicted molar refractivity (Wildman–Crippen MR) is 130 cm³/mol. The fourth-order valence-electron chi connectivity index (χ4n) is 5.50. The number of carbonyl (C=O) groups is 1. The number of pyridine rings is 1. The van der Waals surface area contributed by atoms with Gasteiger partial charge >= 0.3 is 0 Å². The van der Waals surface area contributed by atoms with Crippen molar-refractivity contribution in [3.63, 3.8) is 0 Å². The van der Waals surface area contributed by atoms with Crippen LogP contribution in [0.4, 0.5) is 10.2 Å². The Hall–Kier alpha value is -3.30. The van der Waals surface area contributed by atoms with Crippen molar-refractivity contribution in [1.29, 1.82) is 0 Å². The van der Waals surface area contributed by atoms with Crippen LogP contribution in [0.25, 0.3) is 16.9 Å². The number of ether oxygens (including phenoxy) is 1. The van der Waals surface area contributed by atoms with E-state index < -0.39 is 0 Å². The molecule has 1 amide bonds. The first-order chi connectivity index (χ1) is 17.1. The topological polar surface area (TPSA) is 75.5 Å². The molecular formula is C26H29FN6O2. The van der Waals surface area contributed by atoms with Crippen LogP contribution in [0.5, 0.6) is 0 Å². The molecule has 0 atom stereocenters. The molecule has 1 aromatic carbocycles. The number of nitrogens with zero attached hydrogens (tertiary/aromatic N) is 5. The first kappa shape index (κ1) is 22.2. The summed E-state index contributed by atoms with van der Waals surface area (Å²) < 4.78 is 22.0. The zero-order valence-electron chi connectivity index (χ0n) is 19.8. The maximum absolute atomic E-state index is 14.7. The Balaban J connectivity index is 1.29. The Morgan fingerprint density at radius 3 is 2.66 bits per heavy atom. The molecule has 9 heteroatoms. The van der Waals surface area contributed by atoms with Gasteiger partial charge in [0.2, 0.25) is 0 Å². The quantitative estimate of drug-likeness (QED) is 0.624. The van der Waals surface area contributed by atoms with Crippen molar-refractivity contribution in [2.45, 2.75) is 32.4 Å². The number of halogens is 1. The Labute approximate surface area is 203 Å². The van der Waals surface area contributed by atoms with Crippen LogP contribution >= 0.6 is 0 Å². The van der Waals surface area contributed by atoms with Gasteiger partial charge in [-0.05, 0) is 37.5 Å². The summed E-state index contributed by atoms with van der Waals surface area (Å²) >= 11 is 0. The van der Waals surface area contributed by atoms with Crippen molar-refractivity contribution in [2.24, 2.45) is 0 Å². The fourth-order valence-corrected chi connectivity index (χ4v) is 5.50. The number of morpholine rings is 1. The van der Waals surface area contributed by atoms with Crippen LogP contribution in [-0.4, -0.2) is 71.0 Å². The monoisotopic (exact) mass is 476 g/mol. The molecule has 0 bridgehead atoms. The molecule has 0 unspecified atom stereocenters. The van der Waals surface area contributed by atoms with Crippen LogP contribution in [-0.2, 0) is 11.3 Å². The number of hydrogen-bond donors (Lipinski definition) is 1. The first-order valence-corrected chi connectivity index (χ1v) is 12.3. The number of anilines is 1. The Morgan fingerprint density at radius 2 is 1.89 bits per heavy atom. The Bertz CT molecular complexity index is 1240. The number of hydrogen-bond acceptors (Lipinski definition) is 6. The van der Waals surface area contributed by atoms with E-state index in [9.17, 15) is 9.18 Å². The number of rotatable bonds is 4. The van der Waals surface area contributed by atoms with Gasteiger partial charge in [0, 0.05) is 50.0 Å². The van der Waals surface area contributed by atoms with Crippen molar-refractivity contribution in [2.75, 3.05) is 44.3 Å². The molecule has 6 rings (SSSR count). The molecule has 0 radical (unpaired) electrons. The van der Waals surface area contributed by atoms with Crippen LogP contribution in [0.1, 0.15) is 34.5 Å². The summed E-state index contributed by atoms with van der Waals surface area (Å²) in [5.74, 6) is 0.380. The van der Waals surface area contributed by atoms with Gasteiger partial charge in [-0.1, -0.05) is 12.1 Å². The fraction of sp³-hybridized carbons (Fsp3) is 0.423. The summed E-state index contributed by atoms with van der Waals surface area (Å²) in [5.41, 5.74) is 3.50. The third kappa shape index (κ3) is 4.08. The molecule has 35 heavy (non-hydrogen) atoms. The standard InChI is InChI=1S/C26H29FN6O2/c1-17-3-2-4-19(27)24(17)20-15-22(25-21(29-20)16-28-26(25)34)33-10-7-23(30-33)32-8-5-18(6-9-32)31-11-13-35-14-12-31/h2-4,7,10,15,18H,5-6,8-9,11-14,16H2,1H3,(H,28,34). The summed E-state index contributed by atoms with van der Waals surface area (Å²) in [6.07, 6.45) is 4.07. The van der Waals surface area contributed by atoms with Crippen molar-refractivity contribution in [1.82, 2.24) is 25.0 Å². The molecule has 2 aromatic heterocycles. The van der Waals surface area contributed by atoms with Gasteiger partial charge in [-0.25, -0.2) is 14.1 Å². The van der Waals surface area contributed by atoms with Gasteiger partial charge < -0.3 is 15.0 Å². The number of fused-ring (bicyclic) bond motifs is 1. The van der Waals surface area contributed by atoms with E-state index in [2.05, 4.69) is 20.1 Å². The van der Waals surface area contributed by atoms with E-state index in [1.807, 2.05) is 25.3 Å². The highest BCUT2D eigenvalue weighted by molar-refractivity contribution is 6.01. The summed E-state index contributed by atoms with van der Waals surface area (Å²) in [7, 11) is 0. The molecule has 182 valence electrons. The summed E-state index contributed by atoms with van der Waals surface area (Å²) in [4.78, 5) is 22.1. The van der Waals surface area contributed by atoms with Crippen LogP contribution in [0.2, 0.25) is 0 Å². The van der Waals surface area contributed by atoms with Crippen LogP contribution in [0, 0.1) is 12.7 Å². The molecular weight excluding hydrogens is 447 g/mol. The minimum Gasteiger partial charge on any atom is -0.379 e. The van der Waals surface area contributed by atoms with Crippen molar-refractivity contribution in [3.8, 4) is 16.9 Å². The first-order valence-electron chi connectivity index (χ1n) is 12.3. The maximum atomic E-state index is 14.7. The SMILES string of the molecule is Cc1cccc(F)c1-c1cc(-n2ccc(N3CCC(N4CCOCC4)CC3)n2)c2c(n1)CNC2=O. The third-order valence-electron chi connectivity index (χ3n) is 7.37. The average Bonchev–Trinajstić information content (AvgIpc) is 3.52. The van der Waals surface area contributed by atoms with Gasteiger partial charge in [-0.3, -0.25) is 9.69 Å². The minimum absolute atomic E-state index is 0.178. The lowest BCUT2D eigenvalue weighted by molar-refractivity contribution is 0.0115. The zero-order valence-corrected chi connectivity index (χ0v) is 19.8. The van der Waals surface area contributed by atoms with Crippen molar-refractivity contribution < 1.29 is 13.9 Å². The number of benzene rings is 1. The molecule has 1 N–H and O–H groups in total. The smallest absolute Gasteiger partial charge is 0.255 e. The number of aromatic nitrogens is 3. The lowest BCUT2D eigenvalue weighted by Crippen LogP contribution is -2.49. The molecule has 0 saturated carbocycles. The number of nitrogens with one attached hydrogen (secondary N) is 1. The molecule has 3 aliphatic rings. The largest absolute Gasteiger partial charge is 0.379 e. The van der Waals surface area contributed by atoms with Gasteiger partial charge in [-0.15, -0.1) is 0 Å². The second-order valence-electron chi connectivity index (χ2n) is 9.45. The summed E-state index contributed by atoms with van der Waals surface area (Å²) in [6.45, 7) is 7.73. The molecule has 3 aliphatic heterocycles. The van der Waals surface area contributed by atoms with Gasteiger partial charge in [0.25, 0.3) is 5.91 Å². The number of aryl methyl sites for hydroxylation is 1. The van der Waals surface area contributed by atoms with Crippen LogP contribution < -0.4 is 10.2 Å². The van der Waals surface area contributed by atoms with E-state index in [0.29, 0.717) is 40.8 Å². The van der Waals surface area contributed by atoms with E-state index in [4.69, 9.17) is 9.84 Å². The summed E-state index contributed by atoms with van der Waals surface area (Å²) in [5, 5.41) is 7.69.